The number of nitrogens with zero attached hydrogens (tertiary/aromatic N) is 2. The summed E-state index contributed by atoms with van der Waals surface area (Å²) in [6.45, 7) is 0. The average Bonchev–Trinajstić information content (AvgIpc) is 3.86. The molecule has 2 atom stereocenters. The van der Waals surface area contributed by atoms with Gasteiger partial charge < -0.3 is 9.32 Å². The number of anilines is 2. The first kappa shape index (κ1) is 28.8. The predicted octanol–water partition coefficient (Wildman–Crippen LogP) is 12.8. The fourth-order valence-corrected chi connectivity index (χ4v) is 9.68. The van der Waals surface area contributed by atoms with E-state index >= 15 is 0 Å². The second-order valence-corrected chi connectivity index (χ2v) is 15.0. The van der Waals surface area contributed by atoms with E-state index in [4.69, 9.17) is 4.42 Å². The molecule has 2 unspecified atom stereocenters. The molecule has 3 aliphatic rings. The van der Waals surface area contributed by atoms with Gasteiger partial charge in [0.1, 0.15) is 11.2 Å². The molecule has 0 spiro atoms. The Hall–Kier alpha value is -5.97. The van der Waals surface area contributed by atoms with Crippen LogP contribution in [-0.2, 0) is 6.42 Å². The number of fused-ring (bicyclic) bond motifs is 9. The number of aliphatic imine (C=N–C) groups is 1. The number of aryl methyl sites for hydroxylation is 1. The summed E-state index contributed by atoms with van der Waals surface area (Å²) < 4.78 is 7.45. The largest absolute Gasteiger partial charge is 0.456 e. The number of thiophene rings is 1. The first-order chi connectivity index (χ1) is 25.2. The molecule has 4 heteroatoms. The normalized spacial score (nSPS) is 17.6. The van der Waals surface area contributed by atoms with Gasteiger partial charge in [0.05, 0.1) is 6.04 Å². The number of para-hydroxylation sites is 2. The third-order valence-corrected chi connectivity index (χ3v) is 12.2. The second kappa shape index (κ2) is 11.3. The van der Waals surface area contributed by atoms with E-state index in [-0.39, 0.29) is 6.04 Å². The maximum atomic E-state index is 6.09. The average molecular weight is 673 g/mol. The number of rotatable bonds is 4. The molecule has 0 saturated carbocycles. The summed E-state index contributed by atoms with van der Waals surface area (Å²) in [5, 5.41) is 3.66. The van der Waals surface area contributed by atoms with Crippen LogP contribution in [0.3, 0.4) is 0 Å². The van der Waals surface area contributed by atoms with Gasteiger partial charge in [0, 0.05) is 55.4 Å². The van der Waals surface area contributed by atoms with Gasteiger partial charge in [-0.2, -0.15) is 0 Å². The molecular weight excluding hydrogens is 641 g/mol. The van der Waals surface area contributed by atoms with E-state index in [1.165, 1.54) is 70.9 Å². The van der Waals surface area contributed by atoms with Crippen molar-refractivity contribution in [2.24, 2.45) is 4.99 Å². The molecule has 0 N–H and O–H groups in total. The van der Waals surface area contributed by atoms with E-state index in [1.54, 1.807) is 0 Å². The molecule has 6 aromatic carbocycles. The molecule has 0 amide bonds. The molecule has 0 radical (unpaired) electrons. The molecule has 4 heterocycles. The number of furan rings is 1. The van der Waals surface area contributed by atoms with Gasteiger partial charge in [0.25, 0.3) is 0 Å². The molecule has 2 aromatic heterocycles. The van der Waals surface area contributed by atoms with Crippen LogP contribution in [0.25, 0.3) is 65.9 Å². The van der Waals surface area contributed by atoms with Crippen molar-refractivity contribution in [1.82, 2.24) is 0 Å². The van der Waals surface area contributed by atoms with Crippen LogP contribution in [0.5, 0.6) is 0 Å². The summed E-state index contributed by atoms with van der Waals surface area (Å²) in [4.78, 5) is 8.52. The van der Waals surface area contributed by atoms with Gasteiger partial charge >= 0.3 is 0 Å². The van der Waals surface area contributed by atoms with Crippen LogP contribution in [0.1, 0.15) is 33.9 Å². The molecule has 1 aliphatic carbocycles. The van der Waals surface area contributed by atoms with Crippen LogP contribution in [0.2, 0.25) is 0 Å². The number of allylic oxidation sites excluding steroid dienone is 1. The van der Waals surface area contributed by atoms with E-state index in [1.807, 2.05) is 29.7 Å². The Morgan fingerprint density at radius 1 is 0.627 bits per heavy atom. The predicted molar refractivity (Wildman–Crippen MR) is 215 cm³/mol. The van der Waals surface area contributed by atoms with Crippen LogP contribution in [-0.4, -0.2) is 12.3 Å². The monoisotopic (exact) mass is 672 g/mol. The lowest BCUT2D eigenvalue weighted by atomic mass is 9.90. The SMILES string of the molecule is C1=CC2c3ccccc3N(c3ccc4sc5c(c4c3)C=C(c3cccc(-c4cccc(-c6ccc7oc8ccccc8c7c6)c4)c3)CC5)C2C=N1. The molecular formula is C47H32N2OS. The fourth-order valence-electron chi connectivity index (χ4n) is 8.52. The van der Waals surface area contributed by atoms with Gasteiger partial charge in [-0.25, -0.2) is 0 Å². The minimum absolute atomic E-state index is 0.195. The Labute approximate surface area is 300 Å². The van der Waals surface area contributed by atoms with Gasteiger partial charge in [0.2, 0.25) is 0 Å². The van der Waals surface area contributed by atoms with Crippen molar-refractivity contribution >= 4 is 72.6 Å². The Morgan fingerprint density at radius 3 is 2.29 bits per heavy atom. The van der Waals surface area contributed by atoms with E-state index in [9.17, 15) is 0 Å². The molecule has 3 nitrogen and oxygen atoms in total. The maximum absolute atomic E-state index is 6.09. The molecule has 2 aliphatic heterocycles. The third kappa shape index (κ3) is 4.60. The Bertz CT molecular complexity index is 2800. The summed E-state index contributed by atoms with van der Waals surface area (Å²) in [6.07, 6.45) is 10.9. The van der Waals surface area contributed by atoms with Crippen molar-refractivity contribution < 1.29 is 4.42 Å². The lowest BCUT2D eigenvalue weighted by Crippen LogP contribution is -2.32. The van der Waals surface area contributed by atoms with Gasteiger partial charge in [-0.15, -0.1) is 11.3 Å². The lowest BCUT2D eigenvalue weighted by molar-refractivity contribution is 0.669. The van der Waals surface area contributed by atoms with E-state index < -0.39 is 0 Å². The Morgan fingerprint density at radius 2 is 1.39 bits per heavy atom. The summed E-state index contributed by atoms with van der Waals surface area (Å²) >= 11 is 1.95. The summed E-state index contributed by atoms with van der Waals surface area (Å²) in [5.74, 6) is 0.325. The molecule has 0 saturated heterocycles. The Balaban J connectivity index is 0.944. The van der Waals surface area contributed by atoms with Crippen LogP contribution in [0, 0.1) is 0 Å². The standard InChI is InChI=1S/C47H32N2OS/c1-3-13-42-36(11-1)37-21-22-48-28-43(37)49(42)35-17-20-47-41(27-35)40-26-34(16-19-46(40)51-47)32-10-6-8-30(24-32)29-7-5-9-31(23-29)33-15-18-45-39(25-33)38-12-2-4-14-44(38)50-45/h1-15,17-18,20-28,37,43H,16,19H2. The van der Waals surface area contributed by atoms with Crippen LogP contribution >= 0.6 is 11.3 Å². The molecule has 11 rings (SSSR count). The van der Waals surface area contributed by atoms with Crippen LogP contribution in [0.4, 0.5) is 11.4 Å². The summed E-state index contributed by atoms with van der Waals surface area (Å²) in [7, 11) is 0. The van der Waals surface area contributed by atoms with E-state index in [2.05, 4.69) is 150 Å². The first-order valence-electron chi connectivity index (χ1n) is 17.7. The van der Waals surface area contributed by atoms with E-state index in [0.717, 1.165) is 34.8 Å². The highest BCUT2D eigenvalue weighted by molar-refractivity contribution is 7.19. The summed E-state index contributed by atoms with van der Waals surface area (Å²) in [5.41, 5.74) is 14.7. The highest BCUT2D eigenvalue weighted by Gasteiger charge is 2.38. The quantitative estimate of drug-likeness (QED) is 0.186. The van der Waals surface area contributed by atoms with Crippen molar-refractivity contribution in [2.45, 2.75) is 24.8 Å². The zero-order valence-electron chi connectivity index (χ0n) is 27.8. The van der Waals surface area contributed by atoms with Crippen molar-refractivity contribution in [3.05, 3.63) is 167 Å². The first-order valence-corrected chi connectivity index (χ1v) is 18.5. The van der Waals surface area contributed by atoms with Gasteiger partial charge in [0.15, 0.2) is 0 Å². The number of hydrogen-bond acceptors (Lipinski definition) is 4. The number of benzene rings is 6. The minimum atomic E-state index is 0.195. The third-order valence-electron chi connectivity index (χ3n) is 11.0. The molecule has 0 fully saturated rings. The van der Waals surface area contributed by atoms with Gasteiger partial charge in [-0.1, -0.05) is 84.9 Å². The molecule has 51 heavy (non-hydrogen) atoms. The smallest absolute Gasteiger partial charge is 0.135 e. The van der Waals surface area contributed by atoms with Crippen LogP contribution in [0.15, 0.2) is 155 Å². The highest BCUT2D eigenvalue weighted by atomic mass is 32.1. The zero-order chi connectivity index (χ0) is 33.5. The van der Waals surface area contributed by atoms with Crippen LogP contribution < -0.4 is 4.90 Å². The minimum Gasteiger partial charge on any atom is -0.456 e. The van der Waals surface area contributed by atoms with Gasteiger partial charge in [-0.3, -0.25) is 4.99 Å². The number of hydrogen-bond donors (Lipinski definition) is 0. The fraction of sp³-hybridized carbons (Fsp3) is 0.0851. The summed E-state index contributed by atoms with van der Waals surface area (Å²) in [6, 6.07) is 48.9. The van der Waals surface area contributed by atoms with Crippen molar-refractivity contribution in [1.29, 1.82) is 0 Å². The van der Waals surface area contributed by atoms with Crippen molar-refractivity contribution in [3.63, 3.8) is 0 Å². The molecule has 242 valence electrons. The molecule has 8 aromatic rings. The second-order valence-electron chi connectivity index (χ2n) is 13.8. The maximum Gasteiger partial charge on any atom is 0.135 e. The molecule has 0 bridgehead atoms. The van der Waals surface area contributed by atoms with E-state index in [0.29, 0.717) is 5.92 Å². The highest BCUT2D eigenvalue weighted by Crippen LogP contribution is 2.48. The van der Waals surface area contributed by atoms with Gasteiger partial charge in [-0.05, 0) is 118 Å². The van der Waals surface area contributed by atoms with Crippen molar-refractivity contribution in [2.75, 3.05) is 4.90 Å². The topological polar surface area (TPSA) is 28.7 Å². The lowest BCUT2D eigenvalue weighted by Gasteiger charge is -2.28. The van der Waals surface area contributed by atoms with Crippen molar-refractivity contribution in [3.8, 4) is 22.3 Å². The zero-order valence-corrected chi connectivity index (χ0v) is 28.6. The Kier molecular flexibility index (Phi) is 6.37.